The van der Waals surface area contributed by atoms with Crippen LogP contribution in [0, 0.1) is 13.8 Å². The first-order chi connectivity index (χ1) is 12.8. The first kappa shape index (κ1) is 19.4. The van der Waals surface area contributed by atoms with Gasteiger partial charge in [-0.15, -0.1) is 0 Å². The number of benzene rings is 1. The van der Waals surface area contributed by atoms with Crippen LogP contribution < -0.4 is 10.1 Å². The molecule has 0 spiro atoms. The van der Waals surface area contributed by atoms with Crippen molar-refractivity contribution in [3.8, 4) is 5.75 Å². The minimum Gasteiger partial charge on any atom is -0.497 e. The summed E-state index contributed by atoms with van der Waals surface area (Å²) in [4.78, 5) is 12.5. The predicted molar refractivity (Wildman–Crippen MR) is 98.2 cm³/mol. The van der Waals surface area contributed by atoms with E-state index in [0.29, 0.717) is 48.7 Å². The van der Waals surface area contributed by atoms with Gasteiger partial charge in [-0.3, -0.25) is 4.79 Å². The van der Waals surface area contributed by atoms with Crippen molar-refractivity contribution in [2.75, 3.05) is 20.2 Å². The summed E-state index contributed by atoms with van der Waals surface area (Å²) in [5, 5.41) is 6.70. The average Bonchev–Trinajstić information content (AvgIpc) is 3.01. The molecule has 1 aliphatic rings. The Hall–Kier alpha value is -2.39. The molecule has 1 N–H and O–H groups in total. The van der Waals surface area contributed by atoms with Crippen LogP contribution in [0.4, 0.5) is 0 Å². The van der Waals surface area contributed by atoms with Crippen molar-refractivity contribution in [1.29, 1.82) is 0 Å². The molecule has 0 saturated carbocycles. The lowest BCUT2D eigenvalue weighted by Crippen LogP contribution is -2.46. The predicted octanol–water partition coefficient (Wildman–Crippen LogP) is 1.88. The molecule has 0 unspecified atom stereocenters. The van der Waals surface area contributed by atoms with Gasteiger partial charge in [0.2, 0.25) is 10.0 Å². The molecule has 1 saturated heterocycles. The summed E-state index contributed by atoms with van der Waals surface area (Å²) in [6, 6.07) is 6.79. The average molecular weight is 393 g/mol. The molecule has 0 aliphatic carbocycles. The van der Waals surface area contributed by atoms with Gasteiger partial charge in [0.1, 0.15) is 16.3 Å². The Kier molecular flexibility index (Phi) is 5.52. The van der Waals surface area contributed by atoms with Gasteiger partial charge in [-0.25, -0.2) is 8.42 Å². The van der Waals surface area contributed by atoms with Gasteiger partial charge < -0.3 is 14.6 Å². The number of nitrogens with one attached hydrogen (secondary N) is 1. The van der Waals surface area contributed by atoms with Crippen LogP contribution >= 0.6 is 0 Å². The van der Waals surface area contributed by atoms with Gasteiger partial charge in [-0.2, -0.15) is 4.31 Å². The molecule has 2 heterocycles. The number of aryl methyl sites for hydroxylation is 2. The van der Waals surface area contributed by atoms with E-state index in [4.69, 9.17) is 9.26 Å². The van der Waals surface area contributed by atoms with Gasteiger partial charge in [0.25, 0.3) is 5.91 Å². The summed E-state index contributed by atoms with van der Waals surface area (Å²) in [5.74, 6) is 0.802. The number of methoxy groups -OCH3 is 1. The molecule has 146 valence electrons. The second-order valence-corrected chi connectivity index (χ2v) is 8.41. The number of carbonyl (C=O) groups excluding carboxylic acids is 1. The number of nitrogens with zero attached hydrogens (tertiary/aromatic N) is 2. The molecule has 8 nitrogen and oxygen atoms in total. The zero-order valence-corrected chi connectivity index (χ0v) is 16.4. The van der Waals surface area contributed by atoms with Crippen molar-refractivity contribution in [3.63, 3.8) is 0 Å². The molecule has 2 aromatic rings. The molecular formula is C18H23N3O5S. The molecule has 0 bridgehead atoms. The summed E-state index contributed by atoms with van der Waals surface area (Å²) in [5.41, 5.74) is 0.906. The Morgan fingerprint density at radius 3 is 2.37 bits per heavy atom. The largest absolute Gasteiger partial charge is 0.497 e. The molecule has 1 aromatic carbocycles. The van der Waals surface area contributed by atoms with E-state index in [1.54, 1.807) is 45.2 Å². The Balaban J connectivity index is 1.61. The zero-order valence-electron chi connectivity index (χ0n) is 15.6. The summed E-state index contributed by atoms with van der Waals surface area (Å²) in [6.07, 6.45) is 1.09. The van der Waals surface area contributed by atoms with Crippen LogP contribution in [0.3, 0.4) is 0 Å². The van der Waals surface area contributed by atoms with Crippen LogP contribution in [0.25, 0.3) is 0 Å². The fourth-order valence-electron chi connectivity index (χ4n) is 3.22. The second-order valence-electron chi connectivity index (χ2n) is 6.53. The third kappa shape index (κ3) is 3.98. The topological polar surface area (TPSA) is 102 Å². The fraction of sp³-hybridized carbons (Fsp3) is 0.444. The third-order valence-corrected chi connectivity index (χ3v) is 6.85. The van der Waals surface area contributed by atoms with E-state index in [2.05, 4.69) is 10.5 Å². The SMILES string of the molecule is COc1ccc(C(=O)NC2CCN(S(=O)(=O)c3c(C)noc3C)CC2)cc1. The smallest absolute Gasteiger partial charge is 0.251 e. The first-order valence-corrected chi connectivity index (χ1v) is 10.1. The second kappa shape index (κ2) is 7.69. The van der Waals surface area contributed by atoms with Crippen LogP contribution in [-0.2, 0) is 10.0 Å². The highest BCUT2D eigenvalue weighted by molar-refractivity contribution is 7.89. The van der Waals surface area contributed by atoms with E-state index < -0.39 is 10.0 Å². The van der Waals surface area contributed by atoms with E-state index >= 15 is 0 Å². The Morgan fingerprint density at radius 2 is 1.85 bits per heavy atom. The summed E-state index contributed by atoms with van der Waals surface area (Å²) >= 11 is 0. The quantitative estimate of drug-likeness (QED) is 0.832. The van der Waals surface area contributed by atoms with Gasteiger partial charge in [0.05, 0.1) is 7.11 Å². The highest BCUT2D eigenvalue weighted by atomic mass is 32.2. The lowest BCUT2D eigenvalue weighted by atomic mass is 10.1. The lowest BCUT2D eigenvalue weighted by molar-refractivity contribution is 0.0924. The minimum atomic E-state index is -3.64. The van der Waals surface area contributed by atoms with E-state index in [-0.39, 0.29) is 16.8 Å². The maximum Gasteiger partial charge on any atom is 0.251 e. The maximum atomic E-state index is 12.8. The number of sulfonamides is 1. The molecule has 1 aliphatic heterocycles. The zero-order chi connectivity index (χ0) is 19.6. The Bertz CT molecular complexity index is 893. The number of hydrogen-bond acceptors (Lipinski definition) is 6. The van der Waals surface area contributed by atoms with Crippen molar-refractivity contribution in [1.82, 2.24) is 14.8 Å². The molecule has 1 aromatic heterocycles. The molecule has 0 atom stereocenters. The Labute approximate surface area is 158 Å². The van der Waals surface area contributed by atoms with E-state index in [9.17, 15) is 13.2 Å². The number of ether oxygens (including phenoxy) is 1. The van der Waals surface area contributed by atoms with Gasteiger partial charge in [0, 0.05) is 24.7 Å². The van der Waals surface area contributed by atoms with Gasteiger partial charge in [-0.1, -0.05) is 5.16 Å². The summed E-state index contributed by atoms with van der Waals surface area (Å²) in [6.45, 7) is 3.87. The number of hydrogen-bond donors (Lipinski definition) is 1. The fourth-order valence-corrected chi connectivity index (χ4v) is 4.98. The number of amides is 1. The van der Waals surface area contributed by atoms with E-state index in [1.807, 2.05) is 0 Å². The molecule has 9 heteroatoms. The molecule has 3 rings (SSSR count). The van der Waals surface area contributed by atoms with Gasteiger partial charge in [0.15, 0.2) is 5.76 Å². The van der Waals surface area contributed by atoms with Crippen molar-refractivity contribution >= 4 is 15.9 Å². The lowest BCUT2D eigenvalue weighted by Gasteiger charge is -2.31. The number of piperidine rings is 1. The normalized spacial score (nSPS) is 16.3. The molecule has 1 fully saturated rings. The number of aromatic nitrogens is 1. The monoisotopic (exact) mass is 393 g/mol. The number of carbonyl (C=O) groups is 1. The molecule has 0 radical (unpaired) electrons. The van der Waals surface area contributed by atoms with Crippen molar-refractivity contribution in [2.24, 2.45) is 0 Å². The first-order valence-electron chi connectivity index (χ1n) is 8.71. The standard InChI is InChI=1S/C18H23N3O5S/c1-12-17(13(2)26-20-12)27(23,24)21-10-8-15(9-11-21)19-18(22)14-4-6-16(25-3)7-5-14/h4-7,15H,8-11H2,1-3H3,(H,19,22). The van der Waals surface area contributed by atoms with Gasteiger partial charge >= 0.3 is 0 Å². The van der Waals surface area contributed by atoms with Crippen LogP contribution in [0.15, 0.2) is 33.7 Å². The van der Waals surface area contributed by atoms with Crippen LogP contribution in [-0.4, -0.2) is 50.0 Å². The van der Waals surface area contributed by atoms with Crippen molar-refractivity contribution < 1.29 is 22.5 Å². The molecule has 1 amide bonds. The number of rotatable bonds is 5. The van der Waals surface area contributed by atoms with Gasteiger partial charge in [-0.05, 0) is 51.0 Å². The third-order valence-electron chi connectivity index (χ3n) is 4.71. The van der Waals surface area contributed by atoms with Crippen LogP contribution in [0.2, 0.25) is 0 Å². The van der Waals surface area contributed by atoms with Crippen molar-refractivity contribution in [3.05, 3.63) is 41.3 Å². The summed E-state index contributed by atoms with van der Waals surface area (Å²) < 4.78 is 37.2. The van der Waals surface area contributed by atoms with Crippen molar-refractivity contribution in [2.45, 2.75) is 37.6 Å². The maximum absolute atomic E-state index is 12.8. The highest BCUT2D eigenvalue weighted by Gasteiger charge is 2.34. The molecular weight excluding hydrogens is 370 g/mol. The Morgan fingerprint density at radius 1 is 1.22 bits per heavy atom. The molecule has 27 heavy (non-hydrogen) atoms. The van der Waals surface area contributed by atoms with E-state index in [0.717, 1.165) is 0 Å². The highest BCUT2D eigenvalue weighted by Crippen LogP contribution is 2.26. The van der Waals surface area contributed by atoms with Crippen LogP contribution in [0.5, 0.6) is 5.75 Å². The van der Waals surface area contributed by atoms with Crippen LogP contribution in [0.1, 0.15) is 34.7 Å². The summed E-state index contributed by atoms with van der Waals surface area (Å²) in [7, 11) is -2.07. The van der Waals surface area contributed by atoms with E-state index in [1.165, 1.54) is 4.31 Å². The minimum absolute atomic E-state index is 0.0734.